The Bertz CT molecular complexity index is 1070. The van der Waals surface area contributed by atoms with E-state index in [9.17, 15) is 9.59 Å². The van der Waals surface area contributed by atoms with E-state index in [1.54, 1.807) is 18.2 Å². The molecule has 1 heterocycles. The van der Waals surface area contributed by atoms with Gasteiger partial charge in [-0.3, -0.25) is 4.79 Å². The van der Waals surface area contributed by atoms with Crippen molar-refractivity contribution in [2.45, 2.75) is 13.8 Å². The van der Waals surface area contributed by atoms with E-state index in [1.807, 2.05) is 38.1 Å². The van der Waals surface area contributed by atoms with E-state index in [-0.39, 0.29) is 11.7 Å². The molecule has 8 nitrogen and oxygen atoms in total. The van der Waals surface area contributed by atoms with Crippen molar-refractivity contribution in [1.82, 2.24) is 5.32 Å². The summed E-state index contributed by atoms with van der Waals surface area (Å²) in [5, 5.41) is 12.1. The first-order valence-electron chi connectivity index (χ1n) is 9.73. The summed E-state index contributed by atoms with van der Waals surface area (Å²) in [6.45, 7) is 4.18. The van der Waals surface area contributed by atoms with Crippen molar-refractivity contribution in [3.8, 4) is 17.2 Å². The number of carboxylic acids is 1. The Morgan fingerprint density at radius 2 is 1.88 bits per heavy atom. The molecule has 1 amide bonds. The monoisotopic (exact) mass is 520 g/mol. The Morgan fingerprint density at radius 3 is 2.53 bits per heavy atom. The fraction of sp³-hybridized carbons (Fsp3) is 0.227. The van der Waals surface area contributed by atoms with E-state index >= 15 is 0 Å². The summed E-state index contributed by atoms with van der Waals surface area (Å²) in [5.74, 6) is 0.0647. The molecule has 1 aliphatic rings. The lowest BCUT2D eigenvalue weighted by molar-refractivity contribution is -0.139. The molecule has 0 atom stereocenters. The number of carbonyl (C=O) groups is 2. The lowest BCUT2D eigenvalue weighted by Crippen LogP contribution is -2.19. The molecule has 1 fully saturated rings. The van der Waals surface area contributed by atoms with Gasteiger partial charge in [0.15, 0.2) is 23.3 Å². The zero-order valence-corrected chi connectivity index (χ0v) is 19.8. The van der Waals surface area contributed by atoms with Crippen LogP contribution in [0.5, 0.6) is 17.2 Å². The molecular weight excluding hydrogens is 500 g/mol. The fourth-order valence-corrected chi connectivity index (χ4v) is 4.16. The molecule has 1 aliphatic heterocycles. The van der Waals surface area contributed by atoms with Gasteiger partial charge in [0.05, 0.1) is 28.3 Å². The van der Waals surface area contributed by atoms with E-state index < -0.39 is 12.6 Å². The fourth-order valence-electron chi connectivity index (χ4n) is 2.74. The van der Waals surface area contributed by atoms with Crippen molar-refractivity contribution in [2.75, 3.05) is 19.8 Å². The van der Waals surface area contributed by atoms with Crippen molar-refractivity contribution in [1.29, 1.82) is 0 Å². The molecule has 0 aromatic heterocycles. The number of aliphatic carboxylic acids is 1. The number of ether oxygens (including phenoxy) is 3. The molecule has 3 rings (SSSR count). The number of hydrogen-bond acceptors (Lipinski definition) is 7. The molecule has 2 aromatic rings. The first-order valence-corrected chi connectivity index (χ1v) is 11.3. The van der Waals surface area contributed by atoms with Crippen molar-refractivity contribution >= 4 is 56.5 Å². The van der Waals surface area contributed by atoms with Crippen LogP contribution >= 0.6 is 27.7 Å². The molecule has 0 aliphatic carbocycles. The van der Waals surface area contributed by atoms with Gasteiger partial charge in [-0.2, -0.15) is 0 Å². The van der Waals surface area contributed by atoms with Crippen LogP contribution in [0.4, 0.5) is 5.69 Å². The van der Waals surface area contributed by atoms with E-state index in [4.69, 9.17) is 19.3 Å². The third-order valence-electron chi connectivity index (χ3n) is 4.00. The predicted octanol–water partition coefficient (Wildman–Crippen LogP) is 4.60. The molecule has 32 heavy (non-hydrogen) atoms. The van der Waals surface area contributed by atoms with Gasteiger partial charge in [0.1, 0.15) is 5.75 Å². The lowest BCUT2D eigenvalue weighted by atomic mass is 10.2. The van der Waals surface area contributed by atoms with E-state index in [0.717, 1.165) is 5.75 Å². The van der Waals surface area contributed by atoms with Crippen molar-refractivity contribution in [3.05, 3.63) is 51.3 Å². The molecule has 168 valence electrons. The summed E-state index contributed by atoms with van der Waals surface area (Å²) in [6, 6.07) is 10.7. The Labute approximate surface area is 197 Å². The SMILES string of the molecule is CCOc1ccc(N=C2NC(=O)/C(=C\c3cc(Br)c(OCC(=O)O)c(OCC)c3)S2)cc1. The van der Waals surface area contributed by atoms with E-state index in [0.29, 0.717) is 44.8 Å². The Morgan fingerprint density at radius 1 is 1.16 bits per heavy atom. The number of rotatable bonds is 9. The van der Waals surface area contributed by atoms with Crippen LogP contribution in [0.25, 0.3) is 6.08 Å². The molecule has 0 unspecified atom stereocenters. The van der Waals surface area contributed by atoms with Gasteiger partial charge in [0, 0.05) is 0 Å². The van der Waals surface area contributed by atoms with Crippen molar-refractivity contribution in [3.63, 3.8) is 0 Å². The number of nitrogens with zero attached hydrogens (tertiary/aromatic N) is 1. The number of halogens is 1. The number of hydrogen-bond donors (Lipinski definition) is 2. The van der Waals surface area contributed by atoms with Crippen LogP contribution in [-0.2, 0) is 9.59 Å². The highest BCUT2D eigenvalue weighted by Crippen LogP contribution is 2.38. The van der Waals surface area contributed by atoms with Gasteiger partial charge in [0.25, 0.3) is 5.91 Å². The number of thioether (sulfide) groups is 1. The minimum atomic E-state index is -1.09. The zero-order chi connectivity index (χ0) is 23.1. The van der Waals surface area contributed by atoms with Gasteiger partial charge in [-0.25, -0.2) is 9.79 Å². The summed E-state index contributed by atoms with van der Waals surface area (Å²) >= 11 is 4.61. The van der Waals surface area contributed by atoms with Crippen LogP contribution in [0.1, 0.15) is 19.4 Å². The Hall–Kier alpha value is -2.98. The van der Waals surface area contributed by atoms with Crippen LogP contribution in [0, 0.1) is 0 Å². The summed E-state index contributed by atoms with van der Waals surface area (Å²) in [4.78, 5) is 28.2. The number of nitrogens with one attached hydrogen (secondary N) is 1. The van der Waals surface area contributed by atoms with Gasteiger partial charge in [-0.05, 0) is 89.6 Å². The minimum absolute atomic E-state index is 0.264. The van der Waals surface area contributed by atoms with Gasteiger partial charge in [-0.15, -0.1) is 0 Å². The smallest absolute Gasteiger partial charge is 0.341 e. The van der Waals surface area contributed by atoms with E-state index in [2.05, 4.69) is 26.2 Å². The van der Waals surface area contributed by atoms with Crippen LogP contribution in [0.15, 0.2) is 50.8 Å². The molecule has 10 heteroatoms. The molecule has 0 saturated carbocycles. The molecule has 2 aromatic carbocycles. The van der Waals surface area contributed by atoms with Gasteiger partial charge in [0.2, 0.25) is 0 Å². The molecule has 0 bridgehead atoms. The third-order valence-corrected chi connectivity index (χ3v) is 5.50. The highest BCUT2D eigenvalue weighted by molar-refractivity contribution is 9.10. The first kappa shape index (κ1) is 23.7. The maximum absolute atomic E-state index is 12.4. The van der Waals surface area contributed by atoms with Gasteiger partial charge < -0.3 is 24.6 Å². The van der Waals surface area contributed by atoms with Crippen LogP contribution in [0.3, 0.4) is 0 Å². The summed E-state index contributed by atoms with van der Waals surface area (Å²) in [7, 11) is 0. The third kappa shape index (κ3) is 6.27. The number of benzene rings is 2. The lowest BCUT2D eigenvalue weighted by Gasteiger charge is -2.13. The number of carbonyl (C=O) groups excluding carboxylic acids is 1. The summed E-state index contributed by atoms with van der Waals surface area (Å²) < 4.78 is 16.9. The summed E-state index contributed by atoms with van der Waals surface area (Å²) in [5.41, 5.74) is 1.38. The average Bonchev–Trinajstić information content (AvgIpc) is 3.07. The zero-order valence-electron chi connectivity index (χ0n) is 17.4. The molecule has 1 saturated heterocycles. The second kappa shape index (κ2) is 11.1. The standard InChI is InChI=1S/C22H21BrN2O6S/c1-3-29-15-7-5-14(6-8-15)24-22-25-21(28)18(32-22)11-13-9-16(23)20(31-12-19(26)27)17(10-13)30-4-2/h5-11H,3-4,12H2,1-2H3,(H,26,27)(H,24,25,28)/b18-11+. The quantitative estimate of drug-likeness (QED) is 0.465. The van der Waals surface area contributed by atoms with Crippen LogP contribution in [0.2, 0.25) is 0 Å². The first-order chi connectivity index (χ1) is 15.4. The Balaban J connectivity index is 1.81. The number of amides is 1. The van der Waals surface area contributed by atoms with Crippen LogP contribution in [-0.4, -0.2) is 42.0 Å². The largest absolute Gasteiger partial charge is 0.494 e. The molecule has 2 N–H and O–H groups in total. The van der Waals surface area contributed by atoms with Crippen molar-refractivity contribution < 1.29 is 28.9 Å². The predicted molar refractivity (Wildman–Crippen MR) is 127 cm³/mol. The molecule has 0 radical (unpaired) electrons. The van der Waals surface area contributed by atoms with Crippen molar-refractivity contribution in [2.24, 2.45) is 4.99 Å². The Kier molecular flexibility index (Phi) is 8.18. The van der Waals surface area contributed by atoms with E-state index in [1.165, 1.54) is 11.8 Å². The summed E-state index contributed by atoms with van der Waals surface area (Å²) in [6.07, 6.45) is 1.70. The maximum atomic E-state index is 12.4. The van der Waals surface area contributed by atoms with Gasteiger partial charge >= 0.3 is 5.97 Å². The second-order valence-corrected chi connectivity index (χ2v) is 8.24. The van der Waals surface area contributed by atoms with Gasteiger partial charge in [-0.1, -0.05) is 0 Å². The van der Waals surface area contributed by atoms with Crippen LogP contribution < -0.4 is 19.5 Å². The normalized spacial score (nSPS) is 15.7. The number of amidine groups is 1. The number of carboxylic acid groups (broad SMARTS) is 1. The highest BCUT2D eigenvalue weighted by atomic mass is 79.9. The topological polar surface area (TPSA) is 106 Å². The molecule has 0 spiro atoms. The average molecular weight is 521 g/mol. The second-order valence-electron chi connectivity index (χ2n) is 6.35. The number of aliphatic imine (C=N–C) groups is 1. The minimum Gasteiger partial charge on any atom is -0.494 e. The molecular formula is C22H21BrN2O6S. The highest BCUT2D eigenvalue weighted by Gasteiger charge is 2.24. The maximum Gasteiger partial charge on any atom is 0.341 e.